The Morgan fingerprint density at radius 3 is 2.30 bits per heavy atom. The van der Waals surface area contributed by atoms with Gasteiger partial charge in [0, 0.05) is 6.04 Å². The Bertz CT molecular complexity index is 852. The van der Waals surface area contributed by atoms with Gasteiger partial charge >= 0.3 is 0 Å². The first-order valence-corrected chi connectivity index (χ1v) is 7.59. The highest BCUT2D eigenvalue weighted by Gasteiger charge is 2.27. The normalized spacial score (nSPS) is 12.7. The fourth-order valence-corrected chi connectivity index (χ4v) is 2.13. The van der Waals surface area contributed by atoms with Crippen LogP contribution in [0.1, 0.15) is 33.3 Å². The predicted molar refractivity (Wildman–Crippen MR) is 93.3 cm³/mol. The zero-order valence-corrected chi connectivity index (χ0v) is 14.2. The topological polar surface area (TPSA) is 82.0 Å². The van der Waals surface area contributed by atoms with E-state index in [4.69, 9.17) is 16.9 Å². The van der Waals surface area contributed by atoms with E-state index in [0.29, 0.717) is 16.3 Å². The number of nitrogens with one attached hydrogen (secondary N) is 2. The minimum absolute atomic E-state index is 0.00258. The van der Waals surface area contributed by atoms with Gasteiger partial charge in [-0.1, -0.05) is 32.4 Å². The first-order valence-electron chi connectivity index (χ1n) is 7.21. The Morgan fingerprint density at radius 2 is 1.78 bits per heavy atom. The summed E-state index contributed by atoms with van der Waals surface area (Å²) in [4.78, 5) is 23.7. The minimum Gasteiger partial charge on any atom is -0.377 e. The molecule has 0 aliphatic heterocycles. The van der Waals surface area contributed by atoms with Gasteiger partial charge in [-0.05, 0) is 30.5 Å². The van der Waals surface area contributed by atoms with E-state index in [1.165, 1.54) is 6.07 Å². The molecule has 0 fully saturated rings. The van der Waals surface area contributed by atoms with E-state index < -0.39 is 10.9 Å². The standard InChI is InChI=1S/C17H18ClN3O2/c1-9(17(2,3)4)20-13-14(16(23)15(13)22)21-12-6-5-10(8-19)7-11(12)18/h5-7,9,20-21H,1-4H3/t9-/m1/s1. The molecule has 0 radical (unpaired) electrons. The fourth-order valence-electron chi connectivity index (χ4n) is 1.90. The van der Waals surface area contributed by atoms with Crippen LogP contribution in [0.4, 0.5) is 17.1 Å². The van der Waals surface area contributed by atoms with E-state index >= 15 is 0 Å². The van der Waals surface area contributed by atoms with E-state index in [-0.39, 0.29) is 22.8 Å². The van der Waals surface area contributed by atoms with Crippen LogP contribution in [0.25, 0.3) is 0 Å². The maximum atomic E-state index is 11.8. The van der Waals surface area contributed by atoms with Gasteiger partial charge in [0.2, 0.25) is 0 Å². The van der Waals surface area contributed by atoms with E-state index in [1.54, 1.807) is 12.1 Å². The molecule has 0 heterocycles. The van der Waals surface area contributed by atoms with Crippen LogP contribution in [0, 0.1) is 16.7 Å². The molecule has 120 valence electrons. The van der Waals surface area contributed by atoms with Gasteiger partial charge in [0.25, 0.3) is 10.9 Å². The van der Waals surface area contributed by atoms with Crippen molar-refractivity contribution in [2.45, 2.75) is 33.7 Å². The fraction of sp³-hybridized carbons (Fsp3) is 0.353. The van der Waals surface area contributed by atoms with Crippen LogP contribution in [-0.4, -0.2) is 6.04 Å². The van der Waals surface area contributed by atoms with Crippen molar-refractivity contribution >= 4 is 28.7 Å². The molecule has 0 spiro atoms. The molecule has 0 bridgehead atoms. The molecule has 0 aliphatic rings. The van der Waals surface area contributed by atoms with Crippen molar-refractivity contribution < 1.29 is 0 Å². The third-order valence-electron chi connectivity index (χ3n) is 3.93. The predicted octanol–water partition coefficient (Wildman–Crippen LogP) is 3.40. The van der Waals surface area contributed by atoms with Crippen LogP contribution >= 0.6 is 11.6 Å². The molecule has 0 aliphatic carbocycles. The highest BCUT2D eigenvalue weighted by Crippen LogP contribution is 2.30. The minimum atomic E-state index is -0.575. The van der Waals surface area contributed by atoms with Crippen LogP contribution in [0.15, 0.2) is 27.8 Å². The molecule has 2 aromatic rings. The van der Waals surface area contributed by atoms with Crippen molar-refractivity contribution in [3.63, 3.8) is 0 Å². The number of nitrogens with zero attached hydrogens (tertiary/aromatic N) is 1. The average molecular weight is 332 g/mol. The Kier molecular flexibility index (Phi) is 4.49. The molecule has 23 heavy (non-hydrogen) atoms. The molecule has 2 rings (SSSR count). The lowest BCUT2D eigenvalue weighted by molar-refractivity contribution is 0.359. The van der Waals surface area contributed by atoms with Gasteiger partial charge < -0.3 is 10.6 Å². The maximum Gasteiger partial charge on any atom is 0.253 e. The van der Waals surface area contributed by atoms with Crippen LogP contribution in [0.3, 0.4) is 0 Å². The number of rotatable bonds is 4. The zero-order chi connectivity index (χ0) is 17.4. The summed E-state index contributed by atoms with van der Waals surface area (Å²) in [5, 5.41) is 15.1. The summed E-state index contributed by atoms with van der Waals surface area (Å²) >= 11 is 6.09. The molecule has 1 atom stereocenters. The van der Waals surface area contributed by atoms with E-state index in [0.717, 1.165) is 0 Å². The third-order valence-corrected chi connectivity index (χ3v) is 4.24. The first kappa shape index (κ1) is 17.0. The Labute approximate surface area is 139 Å². The summed E-state index contributed by atoms with van der Waals surface area (Å²) in [5.41, 5.74) is 0.204. The number of nitriles is 1. The van der Waals surface area contributed by atoms with Gasteiger partial charge in [0.15, 0.2) is 0 Å². The van der Waals surface area contributed by atoms with Gasteiger partial charge in [-0.25, -0.2) is 0 Å². The summed E-state index contributed by atoms with van der Waals surface area (Å²) in [6, 6.07) is 6.68. The van der Waals surface area contributed by atoms with Crippen LogP contribution in [-0.2, 0) is 0 Å². The number of hydrogen-bond acceptors (Lipinski definition) is 5. The highest BCUT2D eigenvalue weighted by molar-refractivity contribution is 6.33. The molecule has 0 aromatic heterocycles. The van der Waals surface area contributed by atoms with Crippen molar-refractivity contribution in [1.29, 1.82) is 5.26 Å². The molecular formula is C17H18ClN3O2. The summed E-state index contributed by atoms with van der Waals surface area (Å²) in [6.45, 7) is 8.08. The lowest BCUT2D eigenvalue weighted by Crippen LogP contribution is -2.41. The first-order chi connectivity index (χ1) is 10.6. The quantitative estimate of drug-likeness (QED) is 0.839. The largest absolute Gasteiger partial charge is 0.377 e. The summed E-state index contributed by atoms with van der Waals surface area (Å²) in [7, 11) is 0. The molecule has 6 heteroatoms. The second-order valence-corrected chi connectivity index (χ2v) is 6.98. The smallest absolute Gasteiger partial charge is 0.253 e. The lowest BCUT2D eigenvalue weighted by Gasteiger charge is -2.30. The lowest BCUT2D eigenvalue weighted by atomic mass is 9.87. The molecule has 0 saturated heterocycles. The Balaban J connectivity index is 2.29. The second kappa shape index (κ2) is 6.05. The monoisotopic (exact) mass is 331 g/mol. The SMILES string of the molecule is C[C@@H](Nc1c(Nc2ccc(C#N)cc2Cl)c(=O)c1=O)C(C)(C)C. The molecule has 0 amide bonds. The molecule has 2 N–H and O–H groups in total. The van der Waals surface area contributed by atoms with Gasteiger partial charge in [0.1, 0.15) is 11.4 Å². The number of anilines is 3. The van der Waals surface area contributed by atoms with Gasteiger partial charge in [-0.15, -0.1) is 0 Å². The second-order valence-electron chi connectivity index (χ2n) is 6.57. The summed E-state index contributed by atoms with van der Waals surface area (Å²) in [6.07, 6.45) is 0. The third kappa shape index (κ3) is 3.38. The molecular weight excluding hydrogens is 314 g/mol. The van der Waals surface area contributed by atoms with Crippen molar-refractivity contribution in [2.24, 2.45) is 5.41 Å². The average Bonchev–Trinajstić information content (AvgIpc) is 2.50. The van der Waals surface area contributed by atoms with Crippen molar-refractivity contribution in [1.82, 2.24) is 0 Å². The molecule has 5 nitrogen and oxygen atoms in total. The Morgan fingerprint density at radius 1 is 1.17 bits per heavy atom. The number of halogens is 1. The number of benzene rings is 1. The van der Waals surface area contributed by atoms with Crippen LogP contribution in [0.5, 0.6) is 0 Å². The van der Waals surface area contributed by atoms with E-state index in [9.17, 15) is 9.59 Å². The Hall–Kier alpha value is -2.32. The van der Waals surface area contributed by atoms with Gasteiger partial charge in [-0.3, -0.25) is 9.59 Å². The highest BCUT2D eigenvalue weighted by atomic mass is 35.5. The number of hydrogen-bond donors (Lipinski definition) is 2. The molecule has 0 unspecified atom stereocenters. The summed E-state index contributed by atoms with van der Waals surface area (Å²) < 4.78 is 0. The van der Waals surface area contributed by atoms with Crippen LogP contribution in [0.2, 0.25) is 5.02 Å². The summed E-state index contributed by atoms with van der Waals surface area (Å²) in [5.74, 6) is 0. The molecule has 2 aromatic carbocycles. The van der Waals surface area contributed by atoms with Crippen molar-refractivity contribution in [2.75, 3.05) is 10.6 Å². The zero-order valence-electron chi connectivity index (χ0n) is 13.5. The molecule has 0 saturated carbocycles. The van der Waals surface area contributed by atoms with Crippen molar-refractivity contribution in [3.05, 3.63) is 49.2 Å². The maximum absolute atomic E-state index is 11.8. The van der Waals surface area contributed by atoms with E-state index in [2.05, 4.69) is 10.6 Å². The van der Waals surface area contributed by atoms with Crippen molar-refractivity contribution in [3.8, 4) is 6.07 Å². The van der Waals surface area contributed by atoms with Crippen LogP contribution < -0.4 is 21.5 Å². The van der Waals surface area contributed by atoms with Gasteiger partial charge in [-0.2, -0.15) is 5.26 Å². The van der Waals surface area contributed by atoms with E-state index in [1.807, 2.05) is 33.8 Å². The van der Waals surface area contributed by atoms with Gasteiger partial charge in [0.05, 0.1) is 22.3 Å².